The Morgan fingerprint density at radius 2 is 1.90 bits per heavy atom. The molecule has 0 fully saturated rings. The van der Waals surface area contributed by atoms with E-state index in [2.05, 4.69) is 26.6 Å². The number of carbonyl (C=O) groups is 1. The Kier molecular flexibility index (Phi) is 5.44. The third-order valence-electron chi connectivity index (χ3n) is 2.69. The van der Waals surface area contributed by atoms with Gasteiger partial charge in [-0.05, 0) is 42.3 Å². The number of rotatable bonds is 4. The van der Waals surface area contributed by atoms with Crippen LogP contribution in [0.4, 0.5) is 10.5 Å². The van der Waals surface area contributed by atoms with Crippen LogP contribution >= 0.6 is 27.5 Å². The van der Waals surface area contributed by atoms with Crippen LogP contribution in [0.2, 0.25) is 5.02 Å². The summed E-state index contributed by atoms with van der Waals surface area (Å²) in [5, 5.41) is 6.31. The number of amides is 2. The molecule has 0 atom stereocenters. The standard InChI is InChI=1S/C15H14BrClN2O/c16-12-2-1-3-14(10-12)19-15(20)18-9-8-11-4-6-13(17)7-5-11/h1-7,10H,8-9H2,(H2,18,19,20). The lowest BCUT2D eigenvalue weighted by Crippen LogP contribution is -2.30. The van der Waals surface area contributed by atoms with Gasteiger partial charge in [-0.1, -0.05) is 45.7 Å². The van der Waals surface area contributed by atoms with Crippen LogP contribution in [0.25, 0.3) is 0 Å². The molecule has 0 spiro atoms. The van der Waals surface area contributed by atoms with Crippen molar-refractivity contribution >= 4 is 39.2 Å². The van der Waals surface area contributed by atoms with E-state index in [4.69, 9.17) is 11.6 Å². The van der Waals surface area contributed by atoms with Crippen molar-refractivity contribution in [2.45, 2.75) is 6.42 Å². The molecule has 0 bridgehead atoms. The maximum absolute atomic E-state index is 11.7. The summed E-state index contributed by atoms with van der Waals surface area (Å²) in [6.07, 6.45) is 0.767. The van der Waals surface area contributed by atoms with Gasteiger partial charge in [0, 0.05) is 21.7 Å². The summed E-state index contributed by atoms with van der Waals surface area (Å²) in [7, 11) is 0. The van der Waals surface area contributed by atoms with Gasteiger partial charge in [-0.2, -0.15) is 0 Å². The van der Waals surface area contributed by atoms with E-state index in [1.165, 1.54) is 0 Å². The fraction of sp³-hybridized carbons (Fsp3) is 0.133. The zero-order valence-electron chi connectivity index (χ0n) is 10.7. The van der Waals surface area contributed by atoms with E-state index in [0.29, 0.717) is 11.6 Å². The minimum atomic E-state index is -0.211. The summed E-state index contributed by atoms with van der Waals surface area (Å²) in [5.41, 5.74) is 1.89. The van der Waals surface area contributed by atoms with E-state index in [1.54, 1.807) is 0 Å². The highest BCUT2D eigenvalue weighted by atomic mass is 79.9. The first-order valence-corrected chi connectivity index (χ1v) is 7.35. The average Bonchev–Trinajstić information content (AvgIpc) is 2.41. The van der Waals surface area contributed by atoms with Crippen LogP contribution in [0.15, 0.2) is 53.0 Å². The molecule has 0 aromatic heterocycles. The van der Waals surface area contributed by atoms with Crippen molar-refractivity contribution in [2.24, 2.45) is 0 Å². The van der Waals surface area contributed by atoms with Gasteiger partial charge in [-0.15, -0.1) is 0 Å². The first-order valence-electron chi connectivity index (χ1n) is 6.18. The molecule has 2 N–H and O–H groups in total. The maximum atomic E-state index is 11.7. The molecule has 0 aliphatic carbocycles. The fourth-order valence-electron chi connectivity index (χ4n) is 1.71. The summed E-state index contributed by atoms with van der Waals surface area (Å²) in [6.45, 7) is 0.571. The van der Waals surface area contributed by atoms with Gasteiger partial charge in [-0.3, -0.25) is 0 Å². The van der Waals surface area contributed by atoms with Gasteiger partial charge in [0.2, 0.25) is 0 Å². The highest BCUT2D eigenvalue weighted by Gasteiger charge is 2.01. The fourth-order valence-corrected chi connectivity index (χ4v) is 2.24. The second-order valence-electron chi connectivity index (χ2n) is 4.27. The summed E-state index contributed by atoms with van der Waals surface area (Å²) < 4.78 is 0.927. The van der Waals surface area contributed by atoms with E-state index < -0.39 is 0 Å². The minimum Gasteiger partial charge on any atom is -0.338 e. The van der Waals surface area contributed by atoms with Gasteiger partial charge in [-0.25, -0.2) is 4.79 Å². The Morgan fingerprint density at radius 3 is 2.60 bits per heavy atom. The average molecular weight is 354 g/mol. The van der Waals surface area contributed by atoms with Gasteiger partial charge >= 0.3 is 6.03 Å². The minimum absolute atomic E-state index is 0.211. The van der Waals surface area contributed by atoms with E-state index in [0.717, 1.165) is 22.1 Å². The Hall–Kier alpha value is -1.52. The molecule has 0 radical (unpaired) electrons. The monoisotopic (exact) mass is 352 g/mol. The Labute approximate surface area is 131 Å². The van der Waals surface area contributed by atoms with E-state index in [1.807, 2.05) is 48.5 Å². The number of hydrogen-bond acceptors (Lipinski definition) is 1. The Balaban J connectivity index is 1.76. The third kappa shape index (κ3) is 4.87. The van der Waals surface area contributed by atoms with Gasteiger partial charge in [0.1, 0.15) is 0 Å². The predicted molar refractivity (Wildman–Crippen MR) is 86.3 cm³/mol. The van der Waals surface area contributed by atoms with Crippen molar-refractivity contribution in [1.82, 2.24) is 5.32 Å². The first kappa shape index (κ1) is 14.9. The van der Waals surface area contributed by atoms with Crippen LogP contribution < -0.4 is 10.6 Å². The van der Waals surface area contributed by atoms with Crippen molar-refractivity contribution in [3.8, 4) is 0 Å². The molecular formula is C15H14BrClN2O. The van der Waals surface area contributed by atoms with Gasteiger partial charge in [0.25, 0.3) is 0 Å². The smallest absolute Gasteiger partial charge is 0.319 e. The molecule has 0 saturated heterocycles. The van der Waals surface area contributed by atoms with Crippen LogP contribution in [0.5, 0.6) is 0 Å². The molecule has 2 aromatic carbocycles. The molecule has 0 aliphatic rings. The molecule has 5 heteroatoms. The van der Waals surface area contributed by atoms with Crippen molar-refractivity contribution in [1.29, 1.82) is 0 Å². The summed E-state index contributed by atoms with van der Waals surface area (Å²) >= 11 is 9.17. The zero-order chi connectivity index (χ0) is 14.4. The number of nitrogens with one attached hydrogen (secondary N) is 2. The SMILES string of the molecule is O=C(NCCc1ccc(Cl)cc1)Nc1cccc(Br)c1. The number of hydrogen-bond donors (Lipinski definition) is 2. The summed E-state index contributed by atoms with van der Waals surface area (Å²) in [6, 6.07) is 14.8. The quantitative estimate of drug-likeness (QED) is 0.837. The molecule has 2 amide bonds. The van der Waals surface area contributed by atoms with Gasteiger partial charge < -0.3 is 10.6 Å². The zero-order valence-corrected chi connectivity index (χ0v) is 13.0. The lowest BCUT2D eigenvalue weighted by atomic mass is 10.1. The number of benzene rings is 2. The summed E-state index contributed by atoms with van der Waals surface area (Å²) in [5.74, 6) is 0. The topological polar surface area (TPSA) is 41.1 Å². The molecule has 20 heavy (non-hydrogen) atoms. The van der Waals surface area contributed by atoms with Crippen LogP contribution in [0.1, 0.15) is 5.56 Å². The van der Waals surface area contributed by atoms with Crippen molar-refractivity contribution < 1.29 is 4.79 Å². The lowest BCUT2D eigenvalue weighted by Gasteiger charge is -2.08. The van der Waals surface area contributed by atoms with Crippen LogP contribution in [0, 0.1) is 0 Å². The van der Waals surface area contributed by atoms with E-state index >= 15 is 0 Å². The molecule has 0 unspecified atom stereocenters. The van der Waals surface area contributed by atoms with Gasteiger partial charge in [0.05, 0.1) is 0 Å². The number of halogens is 2. The van der Waals surface area contributed by atoms with Crippen LogP contribution in [-0.2, 0) is 6.42 Å². The highest BCUT2D eigenvalue weighted by Crippen LogP contribution is 2.15. The molecule has 0 heterocycles. The summed E-state index contributed by atoms with van der Waals surface area (Å²) in [4.78, 5) is 11.7. The van der Waals surface area contributed by atoms with Crippen molar-refractivity contribution in [3.05, 3.63) is 63.6 Å². The molecular weight excluding hydrogens is 340 g/mol. The van der Waals surface area contributed by atoms with Gasteiger partial charge in [0.15, 0.2) is 0 Å². The molecule has 2 aromatic rings. The second kappa shape index (κ2) is 7.31. The molecule has 0 saturated carbocycles. The highest BCUT2D eigenvalue weighted by molar-refractivity contribution is 9.10. The largest absolute Gasteiger partial charge is 0.338 e. The molecule has 104 valence electrons. The lowest BCUT2D eigenvalue weighted by molar-refractivity contribution is 0.252. The van der Waals surface area contributed by atoms with Crippen molar-refractivity contribution in [2.75, 3.05) is 11.9 Å². The number of urea groups is 1. The second-order valence-corrected chi connectivity index (χ2v) is 5.62. The Bertz CT molecular complexity index is 587. The van der Waals surface area contributed by atoms with Crippen LogP contribution in [0.3, 0.4) is 0 Å². The molecule has 3 nitrogen and oxygen atoms in total. The van der Waals surface area contributed by atoms with E-state index in [-0.39, 0.29) is 6.03 Å². The van der Waals surface area contributed by atoms with Crippen molar-refractivity contribution in [3.63, 3.8) is 0 Å². The first-order chi connectivity index (χ1) is 9.63. The molecule has 2 rings (SSSR count). The number of anilines is 1. The third-order valence-corrected chi connectivity index (χ3v) is 3.44. The Morgan fingerprint density at radius 1 is 1.15 bits per heavy atom. The molecule has 0 aliphatic heterocycles. The van der Waals surface area contributed by atoms with Crippen LogP contribution in [-0.4, -0.2) is 12.6 Å². The number of carbonyl (C=O) groups excluding carboxylic acids is 1. The predicted octanol–water partition coefficient (Wildman–Crippen LogP) is 4.47. The normalized spacial score (nSPS) is 10.1. The van der Waals surface area contributed by atoms with E-state index in [9.17, 15) is 4.79 Å². The maximum Gasteiger partial charge on any atom is 0.319 e.